The van der Waals surface area contributed by atoms with Crippen LogP contribution < -0.4 is 9.62 Å². The molecule has 0 spiro atoms. The van der Waals surface area contributed by atoms with Crippen LogP contribution in [0.15, 0.2) is 47.4 Å². The molecular weight excluding hydrogens is 440 g/mol. The molecule has 7 nitrogen and oxygen atoms in total. The van der Waals surface area contributed by atoms with E-state index in [1.807, 2.05) is 12.1 Å². The Morgan fingerprint density at radius 3 is 2.65 bits per heavy atom. The lowest BCUT2D eigenvalue weighted by Gasteiger charge is -2.20. The number of halogens is 1. The van der Waals surface area contributed by atoms with Crippen LogP contribution in [0.25, 0.3) is 0 Å². The van der Waals surface area contributed by atoms with Crippen molar-refractivity contribution in [3.8, 4) is 0 Å². The predicted molar refractivity (Wildman–Crippen MR) is 117 cm³/mol. The summed E-state index contributed by atoms with van der Waals surface area (Å²) < 4.78 is 32.9. The highest BCUT2D eigenvalue weighted by molar-refractivity contribution is 7.93. The summed E-state index contributed by atoms with van der Waals surface area (Å²) in [6.45, 7) is -0.117. The number of sulfonamides is 1. The standard InChI is InChI=1S/C22H23ClN2O5S/c23-18-10-9-16(22(27)30-14-21(26)24-17-6-2-3-7-17)13-20(18)31(28,29)25-12-11-15-5-1-4-8-19(15)25/h1,4-5,8-10,13,17H,2-3,6-7,11-12,14H2,(H,24,26). The third-order valence-corrected chi connectivity index (χ3v) is 7.93. The number of nitrogens with one attached hydrogen (secondary N) is 1. The second-order valence-corrected chi connectivity index (χ2v) is 9.96. The summed E-state index contributed by atoms with van der Waals surface area (Å²) in [5.74, 6) is -1.15. The molecule has 0 unspecified atom stereocenters. The first-order chi connectivity index (χ1) is 14.9. The van der Waals surface area contributed by atoms with E-state index in [0.29, 0.717) is 18.7 Å². The molecule has 1 N–H and O–H groups in total. The summed E-state index contributed by atoms with van der Waals surface area (Å²) in [7, 11) is -3.97. The van der Waals surface area contributed by atoms with E-state index in [1.54, 1.807) is 12.1 Å². The van der Waals surface area contributed by atoms with Gasteiger partial charge in [-0.15, -0.1) is 0 Å². The van der Waals surface area contributed by atoms with Gasteiger partial charge < -0.3 is 10.1 Å². The Labute approximate surface area is 186 Å². The summed E-state index contributed by atoms with van der Waals surface area (Å²) >= 11 is 6.19. The number of amides is 1. The van der Waals surface area contributed by atoms with Gasteiger partial charge in [-0.1, -0.05) is 42.6 Å². The van der Waals surface area contributed by atoms with Crippen LogP contribution in [-0.2, 0) is 26.0 Å². The Balaban J connectivity index is 1.49. The zero-order valence-electron chi connectivity index (χ0n) is 16.8. The number of anilines is 1. The minimum absolute atomic E-state index is 0.0138. The SMILES string of the molecule is O=C(COC(=O)c1ccc(Cl)c(S(=O)(=O)N2CCc3ccccc32)c1)NC1CCCC1. The summed E-state index contributed by atoms with van der Waals surface area (Å²) in [6, 6.07) is 11.3. The Morgan fingerprint density at radius 2 is 1.87 bits per heavy atom. The molecule has 9 heteroatoms. The molecule has 1 amide bonds. The predicted octanol–water partition coefficient (Wildman–Crippen LogP) is 3.31. The molecule has 2 aromatic carbocycles. The normalized spacial score (nSPS) is 16.2. The number of esters is 1. The van der Waals surface area contributed by atoms with Crippen LogP contribution in [0.2, 0.25) is 5.02 Å². The smallest absolute Gasteiger partial charge is 0.338 e. The largest absolute Gasteiger partial charge is 0.452 e. The van der Waals surface area contributed by atoms with E-state index in [0.717, 1.165) is 31.2 Å². The number of fused-ring (bicyclic) bond motifs is 1. The molecule has 2 aliphatic rings. The lowest BCUT2D eigenvalue weighted by molar-refractivity contribution is -0.124. The number of nitrogens with zero attached hydrogens (tertiary/aromatic N) is 1. The molecule has 4 rings (SSSR count). The Morgan fingerprint density at radius 1 is 1.13 bits per heavy atom. The highest BCUT2D eigenvalue weighted by atomic mass is 35.5. The van der Waals surface area contributed by atoms with Gasteiger partial charge in [0.15, 0.2) is 6.61 Å². The minimum atomic E-state index is -3.97. The van der Waals surface area contributed by atoms with Crippen molar-refractivity contribution in [2.45, 2.75) is 43.0 Å². The van der Waals surface area contributed by atoms with Crippen molar-refractivity contribution in [3.63, 3.8) is 0 Å². The van der Waals surface area contributed by atoms with E-state index in [-0.39, 0.29) is 27.4 Å². The van der Waals surface area contributed by atoms with Crippen molar-refractivity contribution in [1.29, 1.82) is 0 Å². The maximum Gasteiger partial charge on any atom is 0.338 e. The van der Waals surface area contributed by atoms with Crippen molar-refractivity contribution < 1.29 is 22.7 Å². The van der Waals surface area contributed by atoms with Gasteiger partial charge in [0.2, 0.25) is 0 Å². The molecule has 0 bridgehead atoms. The zero-order valence-corrected chi connectivity index (χ0v) is 18.4. The quantitative estimate of drug-likeness (QED) is 0.665. The molecule has 1 aliphatic heterocycles. The summed E-state index contributed by atoms with van der Waals surface area (Å²) in [4.78, 5) is 24.3. The molecule has 1 aliphatic carbocycles. The Hall–Kier alpha value is -2.58. The number of benzene rings is 2. The molecule has 0 atom stereocenters. The third kappa shape index (κ3) is 4.55. The van der Waals surface area contributed by atoms with Crippen LogP contribution in [0.3, 0.4) is 0 Å². The van der Waals surface area contributed by atoms with Crippen LogP contribution >= 0.6 is 11.6 Å². The van der Waals surface area contributed by atoms with Gasteiger partial charge in [-0.3, -0.25) is 9.10 Å². The maximum absolute atomic E-state index is 13.3. The van der Waals surface area contributed by atoms with E-state index in [4.69, 9.17) is 16.3 Å². The van der Waals surface area contributed by atoms with Gasteiger partial charge in [0, 0.05) is 12.6 Å². The van der Waals surface area contributed by atoms with Crippen LogP contribution in [-0.4, -0.2) is 39.5 Å². The summed E-state index contributed by atoms with van der Waals surface area (Å²) in [6.07, 6.45) is 4.61. The Kier molecular flexibility index (Phi) is 6.20. The van der Waals surface area contributed by atoms with Crippen molar-refractivity contribution >= 4 is 39.2 Å². The van der Waals surface area contributed by atoms with Crippen LogP contribution in [0.5, 0.6) is 0 Å². The average molecular weight is 463 g/mol. The van der Waals surface area contributed by atoms with Gasteiger partial charge in [-0.25, -0.2) is 13.2 Å². The van der Waals surface area contributed by atoms with Crippen molar-refractivity contribution in [3.05, 3.63) is 58.6 Å². The molecule has 0 saturated heterocycles. The van der Waals surface area contributed by atoms with Crippen molar-refractivity contribution in [2.24, 2.45) is 0 Å². The number of para-hydroxylation sites is 1. The van der Waals surface area contributed by atoms with Crippen LogP contribution in [0.4, 0.5) is 5.69 Å². The van der Waals surface area contributed by atoms with Crippen LogP contribution in [0, 0.1) is 0 Å². The number of hydrogen-bond donors (Lipinski definition) is 1. The number of rotatable bonds is 6. The summed E-state index contributed by atoms with van der Waals surface area (Å²) in [5, 5.41) is 2.85. The second-order valence-electron chi connectivity index (χ2n) is 7.73. The van der Waals surface area contributed by atoms with Gasteiger partial charge in [-0.2, -0.15) is 0 Å². The lowest BCUT2D eigenvalue weighted by Crippen LogP contribution is -2.35. The fraction of sp³-hybridized carbons (Fsp3) is 0.364. The molecule has 1 heterocycles. The lowest BCUT2D eigenvalue weighted by atomic mass is 10.2. The van der Waals surface area contributed by atoms with Crippen molar-refractivity contribution in [1.82, 2.24) is 5.32 Å². The van der Waals surface area contributed by atoms with E-state index < -0.39 is 22.6 Å². The first-order valence-electron chi connectivity index (χ1n) is 10.2. The van der Waals surface area contributed by atoms with E-state index >= 15 is 0 Å². The third-order valence-electron chi connectivity index (χ3n) is 5.63. The fourth-order valence-corrected chi connectivity index (χ4v) is 6.06. The number of carbonyl (C=O) groups excluding carboxylic acids is 2. The van der Waals surface area contributed by atoms with E-state index in [1.165, 1.54) is 22.5 Å². The molecule has 164 valence electrons. The van der Waals surface area contributed by atoms with Crippen molar-refractivity contribution in [2.75, 3.05) is 17.5 Å². The molecular formula is C22H23ClN2O5S. The van der Waals surface area contributed by atoms with Gasteiger partial charge in [0.1, 0.15) is 4.90 Å². The van der Waals surface area contributed by atoms with Gasteiger partial charge in [-0.05, 0) is 49.1 Å². The van der Waals surface area contributed by atoms with Crippen LogP contribution in [0.1, 0.15) is 41.6 Å². The fourth-order valence-electron chi connectivity index (χ4n) is 4.06. The maximum atomic E-state index is 13.3. The molecule has 1 saturated carbocycles. The topological polar surface area (TPSA) is 92.8 Å². The van der Waals surface area contributed by atoms with E-state index in [2.05, 4.69) is 5.32 Å². The molecule has 0 aromatic heterocycles. The molecule has 0 radical (unpaired) electrons. The first-order valence-corrected chi connectivity index (χ1v) is 12.0. The number of hydrogen-bond acceptors (Lipinski definition) is 5. The van der Waals surface area contributed by atoms with E-state index in [9.17, 15) is 18.0 Å². The second kappa shape index (κ2) is 8.88. The highest BCUT2D eigenvalue weighted by Crippen LogP contribution is 2.35. The molecule has 1 fully saturated rings. The highest BCUT2D eigenvalue weighted by Gasteiger charge is 2.32. The summed E-state index contributed by atoms with van der Waals surface area (Å²) in [5.41, 5.74) is 1.56. The first kappa shape index (κ1) is 21.6. The Bertz CT molecular complexity index is 1110. The minimum Gasteiger partial charge on any atom is -0.452 e. The van der Waals surface area contributed by atoms with Gasteiger partial charge in [0.25, 0.3) is 15.9 Å². The average Bonchev–Trinajstić information content (AvgIpc) is 3.42. The number of carbonyl (C=O) groups is 2. The zero-order chi connectivity index (χ0) is 22.0. The van der Waals surface area contributed by atoms with Gasteiger partial charge in [0.05, 0.1) is 16.3 Å². The van der Waals surface area contributed by atoms with Gasteiger partial charge >= 0.3 is 5.97 Å². The molecule has 2 aromatic rings. The number of ether oxygens (including phenoxy) is 1. The molecule has 31 heavy (non-hydrogen) atoms. The monoisotopic (exact) mass is 462 g/mol.